The Bertz CT molecular complexity index is 1000. The van der Waals surface area contributed by atoms with E-state index in [1.807, 2.05) is 30.3 Å². The Morgan fingerprint density at radius 3 is 2.40 bits per heavy atom. The van der Waals surface area contributed by atoms with Crippen LogP contribution in [0.2, 0.25) is 5.15 Å². The standard InChI is InChI=1S/C21H19ClF3N3O2/c1-14-18(19(22)28(27-14)12-16-5-3-2-4-6-16)20(29)26-11-15-7-9-17(10-8-15)30-13-21(23,24)25/h2-10H,11-13H2,1H3,(H,26,29). The molecule has 2 aromatic carbocycles. The van der Waals surface area contributed by atoms with Gasteiger partial charge in [0.1, 0.15) is 10.9 Å². The minimum atomic E-state index is -4.39. The first-order valence-electron chi connectivity index (χ1n) is 9.06. The van der Waals surface area contributed by atoms with Crippen LogP contribution < -0.4 is 10.1 Å². The van der Waals surface area contributed by atoms with Crippen molar-refractivity contribution >= 4 is 17.5 Å². The molecule has 0 unspecified atom stereocenters. The molecule has 1 aromatic heterocycles. The molecule has 0 aliphatic heterocycles. The zero-order valence-corrected chi connectivity index (χ0v) is 16.8. The number of carbonyl (C=O) groups excluding carboxylic acids is 1. The molecule has 1 N–H and O–H groups in total. The molecule has 9 heteroatoms. The lowest BCUT2D eigenvalue weighted by Gasteiger charge is -2.10. The van der Waals surface area contributed by atoms with E-state index in [9.17, 15) is 18.0 Å². The van der Waals surface area contributed by atoms with E-state index in [4.69, 9.17) is 11.6 Å². The largest absolute Gasteiger partial charge is 0.484 e. The summed E-state index contributed by atoms with van der Waals surface area (Å²) in [6.45, 7) is 0.966. The molecule has 0 radical (unpaired) electrons. The van der Waals surface area contributed by atoms with Gasteiger partial charge in [0.25, 0.3) is 5.91 Å². The fourth-order valence-electron chi connectivity index (χ4n) is 2.81. The quantitative estimate of drug-likeness (QED) is 0.579. The van der Waals surface area contributed by atoms with Crippen LogP contribution >= 0.6 is 11.6 Å². The van der Waals surface area contributed by atoms with Gasteiger partial charge in [0, 0.05) is 6.54 Å². The van der Waals surface area contributed by atoms with Gasteiger partial charge < -0.3 is 10.1 Å². The number of carbonyl (C=O) groups is 1. The fraction of sp³-hybridized carbons (Fsp3) is 0.238. The Hall–Kier alpha value is -3.00. The van der Waals surface area contributed by atoms with Gasteiger partial charge in [0.15, 0.2) is 6.61 Å². The molecule has 0 aliphatic carbocycles. The molecule has 0 spiro atoms. The topological polar surface area (TPSA) is 56.2 Å². The van der Waals surface area contributed by atoms with E-state index < -0.39 is 12.8 Å². The molecule has 0 saturated heterocycles. The van der Waals surface area contributed by atoms with Gasteiger partial charge >= 0.3 is 6.18 Å². The van der Waals surface area contributed by atoms with Gasteiger partial charge in [-0.2, -0.15) is 18.3 Å². The van der Waals surface area contributed by atoms with Gasteiger partial charge in [0.2, 0.25) is 0 Å². The first kappa shape index (κ1) is 21.7. The Balaban J connectivity index is 1.61. The number of amides is 1. The van der Waals surface area contributed by atoms with Crippen molar-refractivity contribution in [1.29, 1.82) is 0 Å². The highest BCUT2D eigenvalue weighted by Crippen LogP contribution is 2.22. The van der Waals surface area contributed by atoms with Crippen molar-refractivity contribution in [2.24, 2.45) is 0 Å². The van der Waals surface area contributed by atoms with Crippen molar-refractivity contribution < 1.29 is 22.7 Å². The molecule has 3 aromatic rings. The Kier molecular flexibility index (Phi) is 6.66. The second-order valence-corrected chi connectivity index (χ2v) is 6.98. The van der Waals surface area contributed by atoms with Crippen molar-refractivity contribution in [2.75, 3.05) is 6.61 Å². The van der Waals surface area contributed by atoms with Crippen LogP contribution in [0.4, 0.5) is 13.2 Å². The van der Waals surface area contributed by atoms with Crippen molar-refractivity contribution in [2.45, 2.75) is 26.2 Å². The lowest BCUT2D eigenvalue weighted by atomic mass is 10.2. The molecule has 0 atom stereocenters. The SMILES string of the molecule is Cc1nn(Cc2ccccc2)c(Cl)c1C(=O)NCc1ccc(OCC(F)(F)F)cc1. The lowest BCUT2D eigenvalue weighted by Crippen LogP contribution is -2.23. The molecule has 0 aliphatic rings. The summed E-state index contributed by atoms with van der Waals surface area (Å²) in [5, 5.41) is 7.34. The third-order valence-electron chi connectivity index (χ3n) is 4.25. The number of aryl methyl sites for hydroxylation is 1. The number of hydrogen-bond donors (Lipinski definition) is 1. The maximum atomic E-state index is 12.6. The summed E-state index contributed by atoms with van der Waals surface area (Å²) in [5.41, 5.74) is 2.50. The van der Waals surface area contributed by atoms with E-state index in [1.165, 1.54) is 12.1 Å². The van der Waals surface area contributed by atoms with Gasteiger partial charge in [0.05, 0.1) is 17.8 Å². The van der Waals surface area contributed by atoms with Crippen LogP contribution in [0.25, 0.3) is 0 Å². The minimum Gasteiger partial charge on any atom is -0.484 e. The van der Waals surface area contributed by atoms with Gasteiger partial charge in [-0.05, 0) is 30.2 Å². The summed E-state index contributed by atoms with van der Waals surface area (Å²) in [6.07, 6.45) is -4.39. The van der Waals surface area contributed by atoms with Gasteiger partial charge in [-0.25, -0.2) is 4.68 Å². The number of rotatable bonds is 7. The second kappa shape index (κ2) is 9.21. The number of nitrogens with zero attached hydrogens (tertiary/aromatic N) is 2. The summed E-state index contributed by atoms with van der Waals surface area (Å²) in [6, 6.07) is 15.6. The monoisotopic (exact) mass is 437 g/mol. The van der Waals surface area contributed by atoms with E-state index in [1.54, 1.807) is 23.7 Å². The first-order chi connectivity index (χ1) is 14.2. The molecule has 158 valence electrons. The maximum absolute atomic E-state index is 12.6. The van der Waals surface area contributed by atoms with Crippen LogP contribution in [-0.4, -0.2) is 28.5 Å². The molecule has 1 amide bonds. The van der Waals surface area contributed by atoms with Gasteiger partial charge in [-0.1, -0.05) is 54.1 Å². The van der Waals surface area contributed by atoms with E-state index in [2.05, 4.69) is 15.2 Å². The van der Waals surface area contributed by atoms with Crippen LogP contribution in [0.1, 0.15) is 27.2 Å². The van der Waals surface area contributed by atoms with Crippen LogP contribution in [0.5, 0.6) is 5.75 Å². The smallest absolute Gasteiger partial charge is 0.422 e. The summed E-state index contributed by atoms with van der Waals surface area (Å²) in [4.78, 5) is 12.6. The zero-order chi connectivity index (χ0) is 21.7. The second-order valence-electron chi connectivity index (χ2n) is 6.62. The van der Waals surface area contributed by atoms with E-state index >= 15 is 0 Å². The number of nitrogens with one attached hydrogen (secondary N) is 1. The van der Waals surface area contributed by atoms with Crippen molar-refractivity contribution in [3.8, 4) is 5.75 Å². The van der Waals surface area contributed by atoms with Gasteiger partial charge in [-0.3, -0.25) is 4.79 Å². The molecular formula is C21H19ClF3N3O2. The average molecular weight is 438 g/mol. The number of hydrogen-bond acceptors (Lipinski definition) is 3. The number of benzene rings is 2. The molecule has 0 bridgehead atoms. The highest BCUT2D eigenvalue weighted by atomic mass is 35.5. The Morgan fingerprint density at radius 1 is 1.10 bits per heavy atom. The molecule has 30 heavy (non-hydrogen) atoms. The molecule has 5 nitrogen and oxygen atoms in total. The number of halogens is 4. The predicted molar refractivity (Wildman–Crippen MR) is 107 cm³/mol. The summed E-state index contributed by atoms with van der Waals surface area (Å²) < 4.78 is 42.8. The summed E-state index contributed by atoms with van der Waals surface area (Å²) >= 11 is 6.38. The highest BCUT2D eigenvalue weighted by Gasteiger charge is 2.28. The van der Waals surface area contributed by atoms with E-state index in [0.29, 0.717) is 17.8 Å². The first-order valence-corrected chi connectivity index (χ1v) is 9.44. The molecule has 0 fully saturated rings. The van der Waals surface area contributed by atoms with Gasteiger partial charge in [-0.15, -0.1) is 0 Å². The van der Waals surface area contributed by atoms with E-state index in [0.717, 1.165) is 5.56 Å². The average Bonchev–Trinajstić information content (AvgIpc) is 2.98. The maximum Gasteiger partial charge on any atom is 0.422 e. The molecule has 0 saturated carbocycles. The third kappa shape index (κ3) is 5.76. The van der Waals surface area contributed by atoms with Crippen LogP contribution in [0, 0.1) is 6.92 Å². The van der Waals surface area contributed by atoms with Crippen molar-refractivity contribution in [3.05, 3.63) is 82.1 Å². The van der Waals surface area contributed by atoms with Crippen molar-refractivity contribution in [1.82, 2.24) is 15.1 Å². The number of ether oxygens (including phenoxy) is 1. The number of alkyl halides is 3. The Morgan fingerprint density at radius 2 is 1.77 bits per heavy atom. The number of aromatic nitrogens is 2. The predicted octanol–water partition coefficient (Wildman–Crippen LogP) is 4.76. The summed E-state index contributed by atoms with van der Waals surface area (Å²) in [5.74, 6) is -0.280. The van der Waals surface area contributed by atoms with Crippen LogP contribution in [-0.2, 0) is 13.1 Å². The fourth-order valence-corrected chi connectivity index (χ4v) is 3.13. The third-order valence-corrected chi connectivity index (χ3v) is 4.63. The minimum absolute atomic E-state index is 0.100. The molecule has 3 rings (SSSR count). The van der Waals surface area contributed by atoms with Crippen LogP contribution in [0.15, 0.2) is 54.6 Å². The molecular weight excluding hydrogens is 419 g/mol. The van der Waals surface area contributed by atoms with E-state index in [-0.39, 0.29) is 28.9 Å². The lowest BCUT2D eigenvalue weighted by molar-refractivity contribution is -0.153. The Labute approximate surface area is 176 Å². The summed E-state index contributed by atoms with van der Waals surface area (Å²) in [7, 11) is 0. The van der Waals surface area contributed by atoms with Crippen LogP contribution in [0.3, 0.4) is 0 Å². The normalized spacial score (nSPS) is 11.4. The van der Waals surface area contributed by atoms with Crippen molar-refractivity contribution in [3.63, 3.8) is 0 Å². The zero-order valence-electron chi connectivity index (χ0n) is 16.0. The molecule has 1 heterocycles. The highest BCUT2D eigenvalue weighted by molar-refractivity contribution is 6.33.